The van der Waals surface area contributed by atoms with Gasteiger partial charge in [0.05, 0.1) is 24.1 Å². The fraction of sp³-hybridized carbons (Fsp3) is 0.107. The van der Waals surface area contributed by atoms with Crippen LogP contribution >= 0.6 is 11.6 Å². The number of nitrogens with zero attached hydrogens (tertiary/aromatic N) is 3. The van der Waals surface area contributed by atoms with E-state index in [0.717, 1.165) is 5.56 Å². The quantitative estimate of drug-likeness (QED) is 0.292. The minimum Gasteiger partial charge on any atom is -0.497 e. The van der Waals surface area contributed by atoms with Gasteiger partial charge in [-0.05, 0) is 36.4 Å². The first kappa shape index (κ1) is 25.7. The van der Waals surface area contributed by atoms with Crippen molar-refractivity contribution in [2.75, 3.05) is 25.5 Å². The second-order valence-electron chi connectivity index (χ2n) is 8.03. The molecule has 4 rings (SSSR count). The molecule has 0 saturated carbocycles. The van der Waals surface area contributed by atoms with Crippen LogP contribution in [0.2, 0.25) is 5.02 Å². The van der Waals surface area contributed by atoms with Crippen LogP contribution in [0.25, 0.3) is 16.9 Å². The topological polar surface area (TPSA) is 76.5 Å². The van der Waals surface area contributed by atoms with Gasteiger partial charge in [0.15, 0.2) is 0 Å². The molecule has 0 radical (unpaired) electrons. The van der Waals surface area contributed by atoms with Crippen molar-refractivity contribution in [2.24, 2.45) is 0 Å². The average molecular weight is 519 g/mol. The third-order valence-corrected chi connectivity index (χ3v) is 5.76. The van der Waals surface area contributed by atoms with Gasteiger partial charge in [-0.1, -0.05) is 48.0 Å². The minimum atomic E-state index is -0.664. The Morgan fingerprint density at radius 1 is 1.14 bits per heavy atom. The number of hydrogen-bond donors (Lipinski definition) is 1. The zero-order chi connectivity index (χ0) is 26.4. The van der Waals surface area contributed by atoms with Crippen LogP contribution < -0.4 is 10.1 Å². The number of ether oxygens (including phenoxy) is 1. The monoisotopic (exact) mass is 518 g/mol. The minimum absolute atomic E-state index is 0.0565. The Hall–Kier alpha value is -4.43. The van der Waals surface area contributed by atoms with E-state index in [1.165, 1.54) is 29.2 Å². The van der Waals surface area contributed by atoms with Crippen molar-refractivity contribution in [2.45, 2.75) is 0 Å². The summed E-state index contributed by atoms with van der Waals surface area (Å²) < 4.78 is 21.3. The number of halogens is 2. The van der Waals surface area contributed by atoms with E-state index in [0.29, 0.717) is 22.2 Å². The Morgan fingerprint density at radius 2 is 1.89 bits per heavy atom. The lowest BCUT2D eigenvalue weighted by atomic mass is 10.2. The molecule has 1 aromatic heterocycles. The zero-order valence-electron chi connectivity index (χ0n) is 20.0. The Morgan fingerprint density at radius 3 is 2.59 bits per heavy atom. The lowest BCUT2D eigenvalue weighted by Gasteiger charge is -2.21. The van der Waals surface area contributed by atoms with Crippen molar-refractivity contribution in [1.82, 2.24) is 14.5 Å². The van der Waals surface area contributed by atoms with Crippen molar-refractivity contribution in [1.29, 1.82) is 0 Å². The van der Waals surface area contributed by atoms with E-state index in [2.05, 4.69) is 16.9 Å². The van der Waals surface area contributed by atoms with Gasteiger partial charge in [-0.15, -0.1) is 6.58 Å². The van der Waals surface area contributed by atoms with Crippen LogP contribution in [0.4, 0.5) is 10.3 Å². The third-order valence-electron chi connectivity index (χ3n) is 5.50. The maximum Gasteiger partial charge on any atom is 0.257 e. The van der Waals surface area contributed by atoms with Gasteiger partial charge in [0.2, 0.25) is 11.9 Å². The zero-order valence-corrected chi connectivity index (χ0v) is 20.8. The second-order valence-corrected chi connectivity index (χ2v) is 8.47. The molecule has 37 heavy (non-hydrogen) atoms. The lowest BCUT2D eigenvalue weighted by Crippen LogP contribution is -2.38. The predicted molar refractivity (Wildman–Crippen MR) is 142 cm³/mol. The van der Waals surface area contributed by atoms with Gasteiger partial charge in [-0.2, -0.15) is 0 Å². The number of nitrogens with one attached hydrogen (secondary N) is 1. The molecule has 0 fully saturated rings. The molecule has 1 N–H and O–H groups in total. The summed E-state index contributed by atoms with van der Waals surface area (Å²) in [5.41, 5.74) is 1.97. The van der Waals surface area contributed by atoms with E-state index < -0.39 is 17.6 Å². The highest BCUT2D eigenvalue weighted by Gasteiger charge is 2.22. The van der Waals surface area contributed by atoms with Crippen molar-refractivity contribution in [3.63, 3.8) is 0 Å². The molecule has 0 aliphatic rings. The fourth-order valence-corrected chi connectivity index (χ4v) is 3.83. The SMILES string of the molecule is C=CCN(CC(=O)Nc1nc(-c2ccc(Cl)cc2)cn1-c1cccc(OC)c1)C(=O)c1ccccc1F. The average Bonchev–Trinajstić information content (AvgIpc) is 3.32. The van der Waals surface area contributed by atoms with E-state index in [9.17, 15) is 14.0 Å². The normalized spacial score (nSPS) is 10.6. The van der Waals surface area contributed by atoms with Gasteiger partial charge in [0.1, 0.15) is 18.1 Å². The predicted octanol–water partition coefficient (Wildman–Crippen LogP) is 5.61. The summed E-state index contributed by atoms with van der Waals surface area (Å²) in [4.78, 5) is 31.8. The molecule has 0 saturated heterocycles. The van der Waals surface area contributed by atoms with Crippen LogP contribution in [0.15, 0.2) is 91.6 Å². The maximum atomic E-state index is 14.2. The number of anilines is 1. The Kier molecular flexibility index (Phi) is 8.00. The standard InChI is InChI=1S/C28H24ClFN4O3/c1-3-15-33(27(36)23-9-4-5-10-24(23)30)18-26(35)32-28-31-25(19-11-13-20(29)14-12-19)17-34(28)21-7-6-8-22(16-21)37-2/h3-14,16-17H,1,15,18H2,2H3,(H,31,32,35). The van der Waals surface area contributed by atoms with E-state index in [1.807, 2.05) is 24.3 Å². The van der Waals surface area contributed by atoms with E-state index >= 15 is 0 Å². The molecule has 0 aliphatic heterocycles. The molecular weight excluding hydrogens is 495 g/mol. The molecule has 188 valence electrons. The van der Waals surface area contributed by atoms with Crippen molar-refractivity contribution in [3.8, 4) is 22.7 Å². The highest BCUT2D eigenvalue weighted by Crippen LogP contribution is 2.27. The van der Waals surface area contributed by atoms with Crippen LogP contribution in [-0.2, 0) is 4.79 Å². The van der Waals surface area contributed by atoms with Crippen LogP contribution in [0.3, 0.4) is 0 Å². The first-order valence-electron chi connectivity index (χ1n) is 11.3. The number of aromatic nitrogens is 2. The highest BCUT2D eigenvalue weighted by molar-refractivity contribution is 6.30. The molecular formula is C28H24ClFN4O3. The summed E-state index contributed by atoms with van der Waals surface area (Å²) in [7, 11) is 1.57. The van der Waals surface area contributed by atoms with Gasteiger partial charge < -0.3 is 9.64 Å². The maximum absolute atomic E-state index is 14.2. The molecule has 0 unspecified atom stereocenters. The van der Waals surface area contributed by atoms with E-state index in [1.54, 1.807) is 48.2 Å². The number of rotatable bonds is 9. The summed E-state index contributed by atoms with van der Waals surface area (Å²) in [5, 5.41) is 3.37. The number of carbonyl (C=O) groups excluding carboxylic acids is 2. The summed E-state index contributed by atoms with van der Waals surface area (Å²) in [6, 6.07) is 20.0. The van der Waals surface area contributed by atoms with Crippen LogP contribution in [0.5, 0.6) is 5.75 Å². The Bertz CT molecular complexity index is 1440. The van der Waals surface area contributed by atoms with Crippen molar-refractivity contribution in [3.05, 3.63) is 108 Å². The number of amides is 2. The summed E-state index contributed by atoms with van der Waals surface area (Å²) in [6.45, 7) is 3.37. The van der Waals surface area contributed by atoms with Crippen molar-refractivity contribution < 1.29 is 18.7 Å². The Balaban J connectivity index is 1.64. The lowest BCUT2D eigenvalue weighted by molar-refractivity contribution is -0.116. The van der Waals surface area contributed by atoms with Gasteiger partial charge in [0, 0.05) is 29.4 Å². The molecule has 3 aromatic carbocycles. The third kappa shape index (κ3) is 6.05. The van der Waals surface area contributed by atoms with Crippen LogP contribution in [-0.4, -0.2) is 46.5 Å². The fourth-order valence-electron chi connectivity index (χ4n) is 3.70. The first-order valence-corrected chi connectivity index (χ1v) is 11.7. The number of benzene rings is 3. The molecule has 1 heterocycles. The van der Waals surface area contributed by atoms with Gasteiger partial charge in [0.25, 0.3) is 5.91 Å². The molecule has 0 atom stereocenters. The van der Waals surface area contributed by atoms with E-state index in [-0.39, 0.29) is 24.6 Å². The molecule has 2 amide bonds. The largest absolute Gasteiger partial charge is 0.497 e. The number of methoxy groups -OCH3 is 1. The van der Waals surface area contributed by atoms with Crippen molar-refractivity contribution >= 4 is 29.4 Å². The first-order chi connectivity index (χ1) is 17.9. The molecule has 4 aromatic rings. The molecule has 7 nitrogen and oxygen atoms in total. The molecule has 0 bridgehead atoms. The van der Waals surface area contributed by atoms with Gasteiger partial charge in [-0.3, -0.25) is 19.5 Å². The van der Waals surface area contributed by atoms with Crippen LogP contribution in [0, 0.1) is 5.82 Å². The number of hydrogen-bond acceptors (Lipinski definition) is 4. The smallest absolute Gasteiger partial charge is 0.257 e. The summed E-state index contributed by atoms with van der Waals surface area (Å²) in [6.07, 6.45) is 3.25. The highest BCUT2D eigenvalue weighted by atomic mass is 35.5. The number of carbonyl (C=O) groups is 2. The number of imidazole rings is 1. The Labute approximate surface area is 218 Å². The summed E-state index contributed by atoms with van der Waals surface area (Å²) in [5.74, 6) is -0.928. The molecule has 9 heteroatoms. The second kappa shape index (κ2) is 11.5. The van der Waals surface area contributed by atoms with Gasteiger partial charge in [-0.25, -0.2) is 9.37 Å². The molecule has 0 aliphatic carbocycles. The van der Waals surface area contributed by atoms with Crippen LogP contribution in [0.1, 0.15) is 10.4 Å². The van der Waals surface area contributed by atoms with Gasteiger partial charge >= 0.3 is 0 Å². The van der Waals surface area contributed by atoms with E-state index in [4.69, 9.17) is 16.3 Å². The summed E-state index contributed by atoms with van der Waals surface area (Å²) >= 11 is 6.03. The molecule has 0 spiro atoms.